The van der Waals surface area contributed by atoms with Gasteiger partial charge in [-0.25, -0.2) is 4.79 Å². The van der Waals surface area contributed by atoms with E-state index in [4.69, 9.17) is 10.00 Å². The van der Waals surface area contributed by atoms with Crippen LogP contribution >= 0.6 is 0 Å². The molecule has 0 aliphatic rings. The van der Waals surface area contributed by atoms with E-state index in [1.807, 2.05) is 0 Å². The fourth-order valence-corrected chi connectivity index (χ4v) is 1.18. The predicted molar refractivity (Wildman–Crippen MR) is 60.2 cm³/mol. The zero-order valence-corrected chi connectivity index (χ0v) is 13.5. The van der Waals surface area contributed by atoms with Crippen molar-refractivity contribution in [3.05, 3.63) is 12.2 Å². The molecule has 86 valence electrons. The number of nitrogens with zero attached hydrogens (tertiary/aromatic N) is 1. The fourth-order valence-electron chi connectivity index (χ4n) is 1.18. The zero-order chi connectivity index (χ0) is 11.5. The van der Waals surface area contributed by atoms with E-state index in [2.05, 4.69) is 13.5 Å². The van der Waals surface area contributed by atoms with Crippen molar-refractivity contribution in [2.45, 2.75) is 45.4 Å². The molecule has 0 aromatic heterocycles. The van der Waals surface area contributed by atoms with Crippen LogP contribution in [0.3, 0.4) is 0 Å². The molecule has 0 aliphatic heterocycles. The Bertz CT molecular complexity index is 251. The van der Waals surface area contributed by atoms with Gasteiger partial charge in [-0.1, -0.05) is 45.6 Å². The molecule has 3 nitrogen and oxygen atoms in total. The van der Waals surface area contributed by atoms with Crippen LogP contribution < -0.4 is 51.4 Å². The summed E-state index contributed by atoms with van der Waals surface area (Å²) in [6.07, 6.45) is 6.88. The molecule has 0 spiro atoms. The molecule has 0 fully saturated rings. The molecule has 0 rings (SSSR count). The molecule has 0 N–H and O–H groups in total. The third kappa shape index (κ3) is 10.8. The van der Waals surface area contributed by atoms with Crippen LogP contribution in [0.4, 0.5) is 0 Å². The Balaban J connectivity index is -0.000000980. The number of hydrogen-bond acceptors (Lipinski definition) is 3. The first kappa shape index (κ1) is 18.7. The monoisotopic (exact) mass is 249 g/mol. The number of hydrogen-bond donors (Lipinski definition) is 0. The van der Waals surface area contributed by atoms with Crippen molar-refractivity contribution in [3.63, 3.8) is 0 Å². The molecule has 0 bridgehead atoms. The van der Waals surface area contributed by atoms with Crippen molar-refractivity contribution in [2.75, 3.05) is 6.61 Å². The largest absolute Gasteiger partial charge is 1.00 e. The van der Waals surface area contributed by atoms with E-state index >= 15 is 0 Å². The number of carbonyl (C=O) groups excluding carboxylic acids is 1. The van der Waals surface area contributed by atoms with Crippen molar-refractivity contribution < 1.29 is 62.3 Å². The van der Waals surface area contributed by atoms with Crippen molar-refractivity contribution in [1.82, 2.24) is 0 Å². The standard InChI is InChI=1S/C12H19NO2.K.H/c1-3-4-5-6-7-8-9-15-12(14)11(2)10-13;;/h2-9H2,1H3;;/q;+1;-1. The van der Waals surface area contributed by atoms with E-state index in [0.717, 1.165) is 12.8 Å². The van der Waals surface area contributed by atoms with Gasteiger partial charge in [0.25, 0.3) is 0 Å². The summed E-state index contributed by atoms with van der Waals surface area (Å²) in [6, 6.07) is 1.66. The van der Waals surface area contributed by atoms with Gasteiger partial charge in [-0.15, -0.1) is 0 Å². The molecule has 0 aliphatic carbocycles. The topological polar surface area (TPSA) is 50.1 Å². The van der Waals surface area contributed by atoms with Crippen molar-refractivity contribution >= 4 is 5.97 Å². The van der Waals surface area contributed by atoms with Crippen LogP contribution in [0.15, 0.2) is 12.2 Å². The summed E-state index contributed by atoms with van der Waals surface area (Å²) < 4.78 is 4.84. The molecule has 0 radical (unpaired) electrons. The normalized spacial score (nSPS) is 8.75. The summed E-state index contributed by atoms with van der Waals surface area (Å²) in [5.41, 5.74) is -0.124. The Morgan fingerprint density at radius 2 is 1.88 bits per heavy atom. The van der Waals surface area contributed by atoms with E-state index in [1.54, 1.807) is 6.07 Å². The summed E-state index contributed by atoms with van der Waals surface area (Å²) in [7, 11) is 0. The second kappa shape index (κ2) is 13.4. The molecule has 4 heteroatoms. The van der Waals surface area contributed by atoms with Crippen LogP contribution in [0.1, 0.15) is 46.9 Å². The quantitative estimate of drug-likeness (QED) is 0.201. The molecule has 0 unspecified atom stereocenters. The van der Waals surface area contributed by atoms with E-state index in [0.29, 0.717) is 6.61 Å². The van der Waals surface area contributed by atoms with Gasteiger partial charge < -0.3 is 6.16 Å². The summed E-state index contributed by atoms with van der Waals surface area (Å²) in [6.45, 7) is 5.85. The van der Waals surface area contributed by atoms with Crippen molar-refractivity contribution in [2.24, 2.45) is 0 Å². The molecular formula is C12H20KNO2. The van der Waals surface area contributed by atoms with E-state index in [1.165, 1.54) is 25.7 Å². The first-order valence-electron chi connectivity index (χ1n) is 5.48. The third-order valence-corrected chi connectivity index (χ3v) is 2.11. The van der Waals surface area contributed by atoms with Crippen molar-refractivity contribution in [3.8, 4) is 6.07 Å². The fraction of sp³-hybridized carbons (Fsp3) is 0.667. The molecule has 0 atom stereocenters. The number of rotatable bonds is 8. The second-order valence-corrected chi connectivity index (χ2v) is 3.49. The van der Waals surface area contributed by atoms with Gasteiger partial charge in [0.1, 0.15) is 11.6 Å². The van der Waals surface area contributed by atoms with Gasteiger partial charge in [-0.05, 0) is 6.42 Å². The van der Waals surface area contributed by atoms with Crippen molar-refractivity contribution in [1.29, 1.82) is 5.26 Å². The Hall–Kier alpha value is 0.336. The van der Waals surface area contributed by atoms with E-state index in [9.17, 15) is 4.79 Å². The first-order chi connectivity index (χ1) is 7.22. The van der Waals surface area contributed by atoms with Gasteiger partial charge in [0.2, 0.25) is 0 Å². The summed E-state index contributed by atoms with van der Waals surface area (Å²) in [5, 5.41) is 8.35. The Morgan fingerprint density at radius 1 is 1.31 bits per heavy atom. The van der Waals surface area contributed by atoms with Gasteiger partial charge >= 0.3 is 57.4 Å². The smallest absolute Gasteiger partial charge is 1.00 e. The van der Waals surface area contributed by atoms with Gasteiger partial charge in [0, 0.05) is 0 Å². The SMILES string of the molecule is C=C(C#N)C(=O)OCCCCCCCC.[H-].[K+]. The number of ether oxygens (including phenoxy) is 1. The van der Waals surface area contributed by atoms with Crippen LogP contribution in [-0.4, -0.2) is 12.6 Å². The molecule has 0 aromatic carbocycles. The van der Waals surface area contributed by atoms with E-state index < -0.39 is 5.97 Å². The number of unbranched alkanes of at least 4 members (excludes halogenated alkanes) is 5. The van der Waals surface area contributed by atoms with Crippen LogP contribution in [0.25, 0.3) is 0 Å². The molecule has 0 heterocycles. The van der Waals surface area contributed by atoms with Gasteiger partial charge in [-0.3, -0.25) is 0 Å². The Labute approximate surface area is 142 Å². The second-order valence-electron chi connectivity index (χ2n) is 3.49. The number of carbonyl (C=O) groups is 1. The number of esters is 1. The average Bonchev–Trinajstić information content (AvgIpc) is 2.26. The van der Waals surface area contributed by atoms with Crippen LogP contribution in [0, 0.1) is 11.3 Å². The maximum absolute atomic E-state index is 11.0. The summed E-state index contributed by atoms with van der Waals surface area (Å²) in [5.74, 6) is -0.592. The third-order valence-electron chi connectivity index (χ3n) is 2.11. The summed E-state index contributed by atoms with van der Waals surface area (Å²) >= 11 is 0. The molecular weight excluding hydrogens is 229 g/mol. The zero-order valence-electron chi connectivity index (χ0n) is 11.4. The van der Waals surface area contributed by atoms with Gasteiger partial charge in [-0.2, -0.15) is 5.26 Å². The maximum Gasteiger partial charge on any atom is 1.00 e. The van der Waals surface area contributed by atoms with Gasteiger partial charge in [0.05, 0.1) is 6.61 Å². The first-order valence-corrected chi connectivity index (χ1v) is 5.48. The molecule has 0 saturated heterocycles. The number of nitriles is 1. The average molecular weight is 249 g/mol. The van der Waals surface area contributed by atoms with E-state index in [-0.39, 0.29) is 58.4 Å². The summed E-state index contributed by atoms with van der Waals surface area (Å²) in [4.78, 5) is 11.0. The minimum atomic E-state index is -0.592. The maximum atomic E-state index is 11.0. The Kier molecular flexibility index (Phi) is 15.7. The van der Waals surface area contributed by atoms with Crippen LogP contribution in [0.2, 0.25) is 0 Å². The molecule has 0 saturated carbocycles. The van der Waals surface area contributed by atoms with Crippen LogP contribution in [0.5, 0.6) is 0 Å². The molecule has 0 amide bonds. The molecule has 0 aromatic rings. The van der Waals surface area contributed by atoms with Crippen LogP contribution in [-0.2, 0) is 9.53 Å². The Morgan fingerprint density at radius 3 is 2.44 bits per heavy atom. The molecule has 16 heavy (non-hydrogen) atoms. The minimum Gasteiger partial charge on any atom is -1.00 e. The van der Waals surface area contributed by atoms with Gasteiger partial charge in [0.15, 0.2) is 0 Å². The minimum absolute atomic E-state index is 0. The predicted octanol–water partition coefficient (Wildman–Crippen LogP) is 0.0864.